The van der Waals surface area contributed by atoms with Crippen LogP contribution < -0.4 is 10.1 Å². The first-order valence-corrected chi connectivity index (χ1v) is 11.6. The second kappa shape index (κ2) is 9.94. The van der Waals surface area contributed by atoms with E-state index in [1.165, 1.54) is 25.2 Å². The monoisotopic (exact) mass is 430 g/mol. The third-order valence-corrected chi connectivity index (χ3v) is 6.71. The van der Waals surface area contributed by atoms with Crippen LogP contribution in [0.5, 0.6) is 5.75 Å². The number of rotatable bonds is 8. The summed E-state index contributed by atoms with van der Waals surface area (Å²) in [7, 11) is -1.39. The molecule has 0 aliphatic carbocycles. The maximum atomic E-state index is 12.5. The molecule has 2 fully saturated rings. The fourth-order valence-electron chi connectivity index (χ4n) is 4.16. The smallest absolute Gasteiger partial charge is 0.222 e. The van der Waals surface area contributed by atoms with Crippen molar-refractivity contribution >= 4 is 28.2 Å². The van der Waals surface area contributed by atoms with E-state index in [0.29, 0.717) is 49.7 Å². The number of benzene rings is 1. The van der Waals surface area contributed by atoms with E-state index in [9.17, 15) is 13.2 Å². The highest BCUT2D eigenvalue weighted by atomic mass is 35.5. The van der Waals surface area contributed by atoms with Crippen LogP contribution in [0, 0.1) is 5.92 Å². The number of amides is 1. The highest BCUT2D eigenvalue weighted by Crippen LogP contribution is 2.32. The first-order valence-electron chi connectivity index (χ1n) is 9.74. The van der Waals surface area contributed by atoms with E-state index in [4.69, 9.17) is 4.74 Å². The lowest BCUT2D eigenvalue weighted by Crippen LogP contribution is -2.40. The van der Waals surface area contributed by atoms with Crippen LogP contribution in [0.4, 0.5) is 0 Å². The zero-order valence-electron chi connectivity index (χ0n) is 16.6. The number of carbonyl (C=O) groups excluding carboxylic acids is 1. The van der Waals surface area contributed by atoms with Gasteiger partial charge in [0, 0.05) is 38.4 Å². The molecule has 0 radical (unpaired) electrons. The van der Waals surface area contributed by atoms with Gasteiger partial charge in [0.15, 0.2) is 9.84 Å². The second-order valence-electron chi connectivity index (χ2n) is 7.94. The van der Waals surface area contributed by atoms with Gasteiger partial charge in [-0.1, -0.05) is 6.07 Å². The van der Waals surface area contributed by atoms with Crippen LogP contribution in [-0.4, -0.2) is 57.8 Å². The Labute approximate surface area is 174 Å². The average Bonchev–Trinajstić information content (AvgIpc) is 2.96. The summed E-state index contributed by atoms with van der Waals surface area (Å²) in [6, 6.07) is 7.74. The molecule has 28 heavy (non-hydrogen) atoms. The van der Waals surface area contributed by atoms with Crippen molar-refractivity contribution < 1.29 is 17.9 Å². The highest BCUT2D eigenvalue weighted by Gasteiger charge is 2.34. The first-order chi connectivity index (χ1) is 12.8. The number of carbonyl (C=O) groups is 1. The largest absolute Gasteiger partial charge is 0.493 e. The quantitative estimate of drug-likeness (QED) is 0.641. The third kappa shape index (κ3) is 6.36. The molecule has 3 rings (SSSR count). The molecule has 2 atom stereocenters. The molecule has 2 aliphatic heterocycles. The Bertz CT molecular complexity index is 759. The average molecular weight is 431 g/mol. The van der Waals surface area contributed by atoms with Crippen molar-refractivity contribution in [3.8, 4) is 5.75 Å². The van der Waals surface area contributed by atoms with Gasteiger partial charge < -0.3 is 15.0 Å². The van der Waals surface area contributed by atoms with Crippen molar-refractivity contribution in [2.24, 2.45) is 5.92 Å². The lowest BCUT2D eigenvalue weighted by atomic mass is 9.89. The fourth-order valence-corrected chi connectivity index (χ4v) is 4.81. The van der Waals surface area contributed by atoms with E-state index < -0.39 is 9.84 Å². The number of nitrogens with one attached hydrogen (secondary N) is 1. The van der Waals surface area contributed by atoms with E-state index in [2.05, 4.69) is 5.32 Å². The molecular formula is C20H31ClN2O4S. The molecule has 1 aromatic carbocycles. The zero-order chi connectivity index (χ0) is 19.4. The number of sulfone groups is 1. The molecule has 2 unspecified atom stereocenters. The molecule has 6 nitrogen and oxygen atoms in total. The van der Waals surface area contributed by atoms with Gasteiger partial charge >= 0.3 is 0 Å². The summed E-state index contributed by atoms with van der Waals surface area (Å²) in [6.45, 7) is 1.09. The fraction of sp³-hybridized carbons (Fsp3) is 0.650. The summed E-state index contributed by atoms with van der Waals surface area (Å²) in [5.74, 6) is 1.26. The molecule has 2 heterocycles. The molecule has 8 heteroatoms. The van der Waals surface area contributed by atoms with Crippen LogP contribution in [0.25, 0.3) is 0 Å². The van der Waals surface area contributed by atoms with Gasteiger partial charge in [0.2, 0.25) is 5.91 Å². The molecular weight excluding hydrogens is 400 g/mol. The zero-order valence-corrected chi connectivity index (χ0v) is 18.2. The minimum Gasteiger partial charge on any atom is -0.493 e. The normalized spacial score (nSPS) is 23.7. The summed E-state index contributed by atoms with van der Waals surface area (Å²) in [6.07, 6.45) is 7.28. The van der Waals surface area contributed by atoms with Crippen molar-refractivity contribution in [3.63, 3.8) is 0 Å². The van der Waals surface area contributed by atoms with Crippen LogP contribution in [0.15, 0.2) is 29.2 Å². The number of fused-ring (bicyclic) bond motifs is 2. The summed E-state index contributed by atoms with van der Waals surface area (Å²) >= 11 is 0. The van der Waals surface area contributed by atoms with Gasteiger partial charge in [-0.15, -0.1) is 12.4 Å². The van der Waals surface area contributed by atoms with Gasteiger partial charge in [0.05, 0.1) is 11.5 Å². The molecule has 1 amide bonds. The molecule has 0 spiro atoms. The summed E-state index contributed by atoms with van der Waals surface area (Å²) in [4.78, 5) is 14.5. The van der Waals surface area contributed by atoms with Gasteiger partial charge in [0.1, 0.15) is 5.75 Å². The molecule has 0 saturated carbocycles. The number of halogens is 1. The summed E-state index contributed by atoms with van der Waals surface area (Å²) in [5.41, 5.74) is 0. The minimum atomic E-state index is -3.24. The predicted molar refractivity (Wildman–Crippen MR) is 112 cm³/mol. The van der Waals surface area contributed by atoms with E-state index in [1.54, 1.807) is 23.1 Å². The van der Waals surface area contributed by atoms with Crippen LogP contribution in [0.2, 0.25) is 0 Å². The topological polar surface area (TPSA) is 75.7 Å². The van der Waals surface area contributed by atoms with Crippen molar-refractivity contribution in [2.45, 2.75) is 55.5 Å². The highest BCUT2D eigenvalue weighted by molar-refractivity contribution is 7.90. The third-order valence-electron chi connectivity index (χ3n) is 5.60. The maximum absolute atomic E-state index is 12.5. The maximum Gasteiger partial charge on any atom is 0.222 e. The molecule has 158 valence electrons. The van der Waals surface area contributed by atoms with Crippen LogP contribution in [0.3, 0.4) is 0 Å². The predicted octanol–water partition coefficient (Wildman–Crippen LogP) is 2.66. The Morgan fingerprint density at radius 3 is 2.57 bits per heavy atom. The Morgan fingerprint density at radius 1 is 1.25 bits per heavy atom. The van der Waals surface area contributed by atoms with Crippen molar-refractivity contribution in [2.75, 3.05) is 26.5 Å². The molecule has 2 bridgehead atoms. The number of piperidine rings is 1. The molecule has 0 aromatic heterocycles. The second-order valence-corrected chi connectivity index (χ2v) is 9.96. The Kier molecular flexibility index (Phi) is 8.16. The Morgan fingerprint density at radius 2 is 1.93 bits per heavy atom. The van der Waals surface area contributed by atoms with Crippen LogP contribution in [-0.2, 0) is 14.6 Å². The van der Waals surface area contributed by atoms with E-state index in [1.807, 2.05) is 7.05 Å². The molecule has 1 aromatic rings. The first kappa shape index (κ1) is 23.0. The number of ether oxygens (including phenoxy) is 1. The standard InChI is InChI=1S/C20H30N2O4S.ClH/c1-22(20(23)13-15-11-16-7-8-17(12-15)21-16)9-4-10-26-18-5-3-6-19(14-18)27(2,24)25;/h3,5-6,14-17,21H,4,7-13H2,1-2H3;1H. The van der Waals surface area contributed by atoms with E-state index in [-0.39, 0.29) is 23.2 Å². The van der Waals surface area contributed by atoms with E-state index in [0.717, 1.165) is 12.8 Å². The van der Waals surface area contributed by atoms with Crippen molar-refractivity contribution in [3.05, 3.63) is 24.3 Å². The Balaban J connectivity index is 0.00000280. The van der Waals surface area contributed by atoms with Crippen molar-refractivity contribution in [1.82, 2.24) is 10.2 Å². The van der Waals surface area contributed by atoms with Gasteiger partial charge in [-0.05, 0) is 56.2 Å². The number of hydrogen-bond donors (Lipinski definition) is 1. The van der Waals surface area contributed by atoms with Crippen LogP contribution >= 0.6 is 12.4 Å². The van der Waals surface area contributed by atoms with Gasteiger partial charge in [-0.25, -0.2) is 8.42 Å². The lowest BCUT2D eigenvalue weighted by molar-refractivity contribution is -0.131. The Hall–Kier alpha value is -1.31. The van der Waals surface area contributed by atoms with Gasteiger partial charge in [0.25, 0.3) is 0 Å². The van der Waals surface area contributed by atoms with Crippen LogP contribution in [0.1, 0.15) is 38.5 Å². The van der Waals surface area contributed by atoms with Gasteiger partial charge in [-0.2, -0.15) is 0 Å². The van der Waals surface area contributed by atoms with E-state index >= 15 is 0 Å². The minimum absolute atomic E-state index is 0. The lowest BCUT2D eigenvalue weighted by Gasteiger charge is -2.30. The molecule has 1 N–H and O–H groups in total. The van der Waals surface area contributed by atoms with Gasteiger partial charge in [-0.3, -0.25) is 4.79 Å². The molecule has 2 saturated heterocycles. The number of hydrogen-bond acceptors (Lipinski definition) is 5. The summed E-state index contributed by atoms with van der Waals surface area (Å²) < 4.78 is 28.8. The number of nitrogens with zero attached hydrogens (tertiary/aromatic N) is 1. The molecule has 2 aliphatic rings. The van der Waals surface area contributed by atoms with Crippen molar-refractivity contribution in [1.29, 1.82) is 0 Å². The SMILES string of the molecule is CN(CCCOc1cccc(S(C)(=O)=O)c1)C(=O)CC1CC2CCC(C1)N2.Cl. The summed E-state index contributed by atoms with van der Waals surface area (Å²) in [5, 5.41) is 3.61.